The molecule has 3 heterocycles. The van der Waals surface area contributed by atoms with E-state index in [-0.39, 0.29) is 18.1 Å². The van der Waals surface area contributed by atoms with E-state index in [1.807, 2.05) is 42.6 Å². The summed E-state index contributed by atoms with van der Waals surface area (Å²) in [5, 5.41) is 4.26. The third kappa shape index (κ3) is 4.38. The van der Waals surface area contributed by atoms with Crippen LogP contribution in [0.3, 0.4) is 0 Å². The van der Waals surface area contributed by atoms with Crippen LogP contribution < -0.4 is 5.32 Å². The molecular weight excluding hydrogens is 468 g/mol. The molecule has 4 aromatic rings. The molecule has 1 saturated heterocycles. The molecule has 2 unspecified atom stereocenters. The molecule has 36 heavy (non-hydrogen) atoms. The van der Waals surface area contributed by atoms with E-state index in [0.717, 1.165) is 22.8 Å². The van der Waals surface area contributed by atoms with Crippen LogP contribution in [0.2, 0.25) is 0 Å². The molecule has 0 aliphatic carbocycles. The Labute approximate surface area is 216 Å². The Kier molecular flexibility index (Phi) is 6.57. The monoisotopic (exact) mass is 496 g/mol. The molecule has 1 fully saturated rings. The topological polar surface area (TPSA) is 59.4 Å². The molecule has 1 N–H and O–H groups in total. The number of benzene rings is 2. The fourth-order valence-corrected chi connectivity index (χ4v) is 5.35. The van der Waals surface area contributed by atoms with Crippen LogP contribution in [0.15, 0.2) is 85.1 Å². The molecule has 6 nitrogen and oxygen atoms in total. The number of aromatic nitrogens is 2. The lowest BCUT2D eigenvalue weighted by atomic mass is 9.96. The summed E-state index contributed by atoms with van der Waals surface area (Å²) < 4.78 is 7.07. The first kappa shape index (κ1) is 23.8. The number of nitrogens with one attached hydrogen (secondary N) is 1. The van der Waals surface area contributed by atoms with Crippen molar-refractivity contribution in [1.82, 2.24) is 19.8 Å². The quantitative estimate of drug-likeness (QED) is 0.283. The lowest BCUT2D eigenvalue weighted by Crippen LogP contribution is -2.29. The van der Waals surface area contributed by atoms with Crippen molar-refractivity contribution in [2.75, 3.05) is 7.11 Å². The second-order valence-electron chi connectivity index (χ2n) is 8.94. The van der Waals surface area contributed by atoms with Crippen LogP contribution in [0.5, 0.6) is 0 Å². The average molecular weight is 497 g/mol. The first-order valence-electron chi connectivity index (χ1n) is 11.9. The van der Waals surface area contributed by atoms with Crippen LogP contribution in [0.1, 0.15) is 50.7 Å². The van der Waals surface area contributed by atoms with E-state index in [0.29, 0.717) is 17.2 Å². The molecule has 2 aromatic heterocycles. The van der Waals surface area contributed by atoms with Crippen LogP contribution in [-0.2, 0) is 11.3 Å². The number of rotatable bonds is 6. The van der Waals surface area contributed by atoms with Gasteiger partial charge in [0.2, 0.25) is 0 Å². The van der Waals surface area contributed by atoms with Crippen LogP contribution in [0.25, 0.3) is 5.69 Å². The van der Waals surface area contributed by atoms with Crippen LogP contribution >= 0.6 is 12.2 Å². The Morgan fingerprint density at radius 3 is 2.42 bits per heavy atom. The highest BCUT2D eigenvalue weighted by Crippen LogP contribution is 2.42. The normalized spacial score (nSPS) is 17.2. The van der Waals surface area contributed by atoms with Crippen molar-refractivity contribution >= 4 is 23.3 Å². The van der Waals surface area contributed by atoms with Crippen LogP contribution in [0, 0.1) is 13.8 Å². The number of carbonyl (C=O) groups excluding carboxylic acids is 1. The number of pyridine rings is 1. The summed E-state index contributed by atoms with van der Waals surface area (Å²) in [4.78, 5) is 18.8. The van der Waals surface area contributed by atoms with Gasteiger partial charge in [-0.25, -0.2) is 4.79 Å². The Hall–Kier alpha value is -3.97. The molecule has 2 aromatic carbocycles. The molecule has 5 rings (SSSR count). The standard InChI is InChI=1S/C29H28N4O2S/c1-19-17-24(20(2)33(19)23-14-12-22(13-15-23)28(34)35-3)27-26(25-11-7-8-16-30-25)31-29(36)32(27)18-21-9-5-4-6-10-21/h4-17,26-27H,18H2,1-3H3,(H,31,36). The van der Waals surface area contributed by atoms with Gasteiger partial charge < -0.3 is 19.5 Å². The third-order valence-corrected chi connectivity index (χ3v) is 7.08. The van der Waals surface area contributed by atoms with Gasteiger partial charge in [-0.05, 0) is 79.7 Å². The summed E-state index contributed by atoms with van der Waals surface area (Å²) in [6.07, 6.45) is 1.82. The minimum Gasteiger partial charge on any atom is -0.465 e. The molecule has 0 bridgehead atoms. The summed E-state index contributed by atoms with van der Waals surface area (Å²) in [5.74, 6) is -0.344. The van der Waals surface area contributed by atoms with Crippen molar-refractivity contribution in [1.29, 1.82) is 0 Å². The molecule has 7 heteroatoms. The second kappa shape index (κ2) is 9.95. The minimum atomic E-state index is -0.344. The minimum absolute atomic E-state index is 0.0399. The molecule has 0 saturated carbocycles. The van der Waals surface area contributed by atoms with Crippen molar-refractivity contribution < 1.29 is 9.53 Å². The number of thiocarbonyl (C=S) groups is 1. The summed E-state index contributed by atoms with van der Waals surface area (Å²) >= 11 is 5.86. The maximum atomic E-state index is 11.9. The molecule has 1 aliphatic heterocycles. The molecule has 0 amide bonds. The predicted octanol–water partition coefficient (Wildman–Crippen LogP) is 5.45. The smallest absolute Gasteiger partial charge is 0.337 e. The van der Waals surface area contributed by atoms with Gasteiger partial charge in [-0.15, -0.1) is 0 Å². The maximum Gasteiger partial charge on any atom is 0.337 e. The lowest BCUT2D eigenvalue weighted by molar-refractivity contribution is 0.0600. The zero-order valence-electron chi connectivity index (χ0n) is 20.5. The largest absolute Gasteiger partial charge is 0.465 e. The number of nitrogens with zero attached hydrogens (tertiary/aromatic N) is 3. The van der Waals surface area contributed by atoms with E-state index in [1.165, 1.54) is 18.2 Å². The van der Waals surface area contributed by atoms with Crippen molar-refractivity contribution in [2.24, 2.45) is 0 Å². The van der Waals surface area contributed by atoms with Gasteiger partial charge in [0.15, 0.2) is 5.11 Å². The fraction of sp³-hybridized carbons (Fsp3) is 0.207. The number of aryl methyl sites for hydroxylation is 1. The molecule has 182 valence electrons. The van der Waals surface area contributed by atoms with Crippen LogP contribution in [-0.4, -0.2) is 32.6 Å². The SMILES string of the molecule is COC(=O)c1ccc(-n2c(C)cc(C3C(c4ccccn4)NC(=S)N3Cc3ccccc3)c2C)cc1. The molecular formula is C29H28N4O2S. The van der Waals surface area contributed by atoms with Gasteiger partial charge in [0.05, 0.1) is 30.5 Å². The van der Waals surface area contributed by atoms with Gasteiger partial charge in [0, 0.05) is 29.8 Å². The Balaban J connectivity index is 1.58. The highest BCUT2D eigenvalue weighted by atomic mass is 32.1. The Morgan fingerprint density at radius 2 is 1.75 bits per heavy atom. The van der Waals surface area contributed by atoms with Crippen molar-refractivity contribution in [2.45, 2.75) is 32.5 Å². The summed E-state index contributed by atoms with van der Waals surface area (Å²) in [5.41, 5.74) is 7.07. The van der Waals surface area contributed by atoms with E-state index in [1.54, 1.807) is 12.1 Å². The highest BCUT2D eigenvalue weighted by Gasteiger charge is 2.41. The first-order chi connectivity index (χ1) is 17.5. The van der Waals surface area contributed by atoms with Gasteiger partial charge in [-0.1, -0.05) is 36.4 Å². The van der Waals surface area contributed by atoms with Crippen molar-refractivity contribution in [3.8, 4) is 5.69 Å². The number of hydrogen-bond donors (Lipinski definition) is 1. The number of methoxy groups -OCH3 is 1. The van der Waals surface area contributed by atoms with E-state index in [2.05, 4.69) is 63.9 Å². The van der Waals surface area contributed by atoms with Gasteiger partial charge in [0.25, 0.3) is 0 Å². The number of esters is 1. The maximum absolute atomic E-state index is 11.9. The van der Waals surface area contributed by atoms with E-state index < -0.39 is 0 Å². The van der Waals surface area contributed by atoms with E-state index in [4.69, 9.17) is 17.0 Å². The Morgan fingerprint density at radius 1 is 1.03 bits per heavy atom. The number of carbonyl (C=O) groups is 1. The third-order valence-electron chi connectivity index (χ3n) is 6.73. The fourth-order valence-electron chi connectivity index (χ4n) is 5.04. The molecule has 0 spiro atoms. The zero-order valence-corrected chi connectivity index (χ0v) is 21.3. The van der Waals surface area contributed by atoms with Crippen molar-refractivity contribution in [3.05, 3.63) is 119 Å². The highest BCUT2D eigenvalue weighted by molar-refractivity contribution is 7.80. The van der Waals surface area contributed by atoms with E-state index in [9.17, 15) is 4.79 Å². The summed E-state index contributed by atoms with van der Waals surface area (Å²) in [7, 11) is 1.39. The van der Waals surface area contributed by atoms with Gasteiger partial charge >= 0.3 is 5.97 Å². The van der Waals surface area contributed by atoms with Gasteiger partial charge in [0.1, 0.15) is 0 Å². The second-order valence-corrected chi connectivity index (χ2v) is 9.33. The predicted molar refractivity (Wildman–Crippen MR) is 144 cm³/mol. The first-order valence-corrected chi connectivity index (χ1v) is 12.3. The lowest BCUT2D eigenvalue weighted by Gasteiger charge is -2.28. The molecule has 0 radical (unpaired) electrons. The summed E-state index contributed by atoms with van der Waals surface area (Å²) in [6, 6.07) is 26.0. The van der Waals surface area contributed by atoms with Gasteiger partial charge in [-0.3, -0.25) is 4.98 Å². The van der Waals surface area contributed by atoms with E-state index >= 15 is 0 Å². The Bertz CT molecular complexity index is 1380. The molecule has 1 aliphatic rings. The number of hydrogen-bond acceptors (Lipinski definition) is 4. The van der Waals surface area contributed by atoms with Crippen molar-refractivity contribution in [3.63, 3.8) is 0 Å². The van der Waals surface area contributed by atoms with Gasteiger partial charge in [-0.2, -0.15) is 0 Å². The number of ether oxygens (including phenoxy) is 1. The summed E-state index contributed by atoms with van der Waals surface area (Å²) in [6.45, 7) is 4.93. The average Bonchev–Trinajstić information content (AvgIpc) is 3.39. The van der Waals surface area contributed by atoms with Crippen LogP contribution in [0.4, 0.5) is 0 Å². The molecule has 2 atom stereocenters. The zero-order chi connectivity index (χ0) is 25.2.